The van der Waals surface area contributed by atoms with Gasteiger partial charge in [0.15, 0.2) is 0 Å². The van der Waals surface area contributed by atoms with Gasteiger partial charge in [-0.05, 0) is 18.2 Å². The number of nitrogens with zero attached hydrogens (tertiary/aromatic N) is 1. The largest absolute Gasteiger partial charge is 0.416 e. The van der Waals surface area contributed by atoms with Crippen molar-refractivity contribution in [1.82, 2.24) is 10.2 Å². The van der Waals surface area contributed by atoms with Gasteiger partial charge in [-0.25, -0.2) is 0 Å². The van der Waals surface area contributed by atoms with Crippen molar-refractivity contribution in [3.8, 4) is 0 Å². The first kappa shape index (κ1) is 14.2. The summed E-state index contributed by atoms with van der Waals surface area (Å²) in [5.41, 5.74) is 4.32. The number of halogens is 3. The lowest BCUT2D eigenvalue weighted by Gasteiger charge is -2.27. The maximum absolute atomic E-state index is 12.6. The SMILES string of the molecule is Nc1ccc(C(F)(F)F)cc1C(=O)N1CCNC(=O)C1. The number of carbonyl (C=O) groups is 2. The van der Waals surface area contributed by atoms with Crippen LogP contribution in [0.1, 0.15) is 15.9 Å². The summed E-state index contributed by atoms with van der Waals surface area (Å²) in [4.78, 5) is 24.5. The first-order valence-electron chi connectivity index (χ1n) is 5.82. The number of anilines is 1. The Morgan fingerprint density at radius 1 is 1.35 bits per heavy atom. The van der Waals surface area contributed by atoms with Crippen LogP contribution in [0.25, 0.3) is 0 Å². The second kappa shape index (κ2) is 5.03. The van der Waals surface area contributed by atoms with E-state index in [1.54, 1.807) is 0 Å². The fourth-order valence-electron chi connectivity index (χ4n) is 1.90. The average Bonchev–Trinajstić information content (AvgIpc) is 2.37. The molecule has 1 fully saturated rings. The van der Waals surface area contributed by atoms with Gasteiger partial charge in [0.25, 0.3) is 5.91 Å². The molecule has 20 heavy (non-hydrogen) atoms. The molecule has 0 spiro atoms. The topological polar surface area (TPSA) is 75.4 Å². The van der Waals surface area contributed by atoms with E-state index in [4.69, 9.17) is 5.73 Å². The molecule has 1 aromatic rings. The Bertz CT molecular complexity index is 557. The third-order valence-electron chi connectivity index (χ3n) is 2.94. The third kappa shape index (κ3) is 2.84. The van der Waals surface area contributed by atoms with Crippen LogP contribution in [-0.4, -0.2) is 36.3 Å². The molecule has 0 radical (unpaired) electrons. The second-order valence-corrected chi connectivity index (χ2v) is 4.38. The van der Waals surface area contributed by atoms with Crippen molar-refractivity contribution >= 4 is 17.5 Å². The van der Waals surface area contributed by atoms with E-state index in [0.29, 0.717) is 6.07 Å². The predicted molar refractivity (Wildman–Crippen MR) is 64.8 cm³/mol. The van der Waals surface area contributed by atoms with E-state index in [2.05, 4.69) is 5.32 Å². The van der Waals surface area contributed by atoms with Crippen LogP contribution in [0, 0.1) is 0 Å². The Labute approximate surface area is 112 Å². The van der Waals surface area contributed by atoms with Crippen LogP contribution >= 0.6 is 0 Å². The first-order chi connectivity index (χ1) is 9.29. The lowest BCUT2D eigenvalue weighted by Crippen LogP contribution is -2.50. The van der Waals surface area contributed by atoms with Crippen molar-refractivity contribution < 1.29 is 22.8 Å². The molecular formula is C12H12F3N3O2. The maximum Gasteiger partial charge on any atom is 0.416 e. The molecule has 0 aliphatic carbocycles. The van der Waals surface area contributed by atoms with Crippen molar-refractivity contribution in [2.24, 2.45) is 0 Å². The molecular weight excluding hydrogens is 275 g/mol. The second-order valence-electron chi connectivity index (χ2n) is 4.38. The number of nitrogens with one attached hydrogen (secondary N) is 1. The van der Waals surface area contributed by atoms with E-state index in [0.717, 1.165) is 12.1 Å². The quantitative estimate of drug-likeness (QED) is 0.752. The summed E-state index contributed by atoms with van der Waals surface area (Å²) in [6, 6.07) is 2.57. The molecule has 0 unspecified atom stereocenters. The lowest BCUT2D eigenvalue weighted by atomic mass is 10.1. The number of hydrogen-bond acceptors (Lipinski definition) is 3. The Morgan fingerprint density at radius 3 is 2.65 bits per heavy atom. The van der Waals surface area contributed by atoms with Crippen LogP contribution in [0.3, 0.4) is 0 Å². The van der Waals surface area contributed by atoms with E-state index in [9.17, 15) is 22.8 Å². The van der Waals surface area contributed by atoms with Crippen LogP contribution in [0.4, 0.5) is 18.9 Å². The zero-order valence-corrected chi connectivity index (χ0v) is 10.3. The molecule has 8 heteroatoms. The fraction of sp³-hybridized carbons (Fsp3) is 0.333. The number of nitrogen functional groups attached to an aromatic ring is 1. The van der Waals surface area contributed by atoms with Gasteiger partial charge in [-0.1, -0.05) is 0 Å². The summed E-state index contributed by atoms with van der Waals surface area (Å²) < 4.78 is 37.9. The zero-order chi connectivity index (χ0) is 14.9. The third-order valence-corrected chi connectivity index (χ3v) is 2.94. The molecule has 5 nitrogen and oxygen atoms in total. The van der Waals surface area contributed by atoms with Gasteiger partial charge in [0, 0.05) is 18.8 Å². The first-order valence-corrected chi connectivity index (χ1v) is 5.82. The van der Waals surface area contributed by atoms with Gasteiger partial charge >= 0.3 is 6.18 Å². The van der Waals surface area contributed by atoms with Crippen molar-refractivity contribution in [2.45, 2.75) is 6.18 Å². The molecule has 1 aromatic carbocycles. The highest BCUT2D eigenvalue weighted by Gasteiger charge is 2.32. The smallest absolute Gasteiger partial charge is 0.398 e. The van der Waals surface area contributed by atoms with Crippen LogP contribution in [-0.2, 0) is 11.0 Å². The molecule has 2 rings (SSSR count). The van der Waals surface area contributed by atoms with Crippen LogP contribution in [0.5, 0.6) is 0 Å². The van der Waals surface area contributed by atoms with Crippen LogP contribution < -0.4 is 11.1 Å². The van der Waals surface area contributed by atoms with E-state index < -0.39 is 17.6 Å². The molecule has 1 aliphatic heterocycles. The normalized spacial score (nSPS) is 15.9. The molecule has 1 saturated heterocycles. The highest BCUT2D eigenvalue weighted by atomic mass is 19.4. The molecule has 0 aromatic heterocycles. The summed E-state index contributed by atoms with van der Waals surface area (Å²) in [6.45, 7) is 0.318. The molecule has 1 heterocycles. The minimum absolute atomic E-state index is 0.0472. The Balaban J connectivity index is 2.31. The highest BCUT2D eigenvalue weighted by molar-refractivity contribution is 6.01. The fourth-order valence-corrected chi connectivity index (χ4v) is 1.90. The van der Waals surface area contributed by atoms with E-state index >= 15 is 0 Å². The molecule has 0 saturated carbocycles. The molecule has 2 amide bonds. The molecule has 3 N–H and O–H groups in total. The Morgan fingerprint density at radius 2 is 2.05 bits per heavy atom. The number of piperazine rings is 1. The summed E-state index contributed by atoms with van der Waals surface area (Å²) in [6.07, 6.45) is -4.55. The molecule has 0 bridgehead atoms. The summed E-state index contributed by atoms with van der Waals surface area (Å²) in [7, 11) is 0. The molecule has 1 aliphatic rings. The van der Waals surface area contributed by atoms with E-state index in [-0.39, 0.29) is 36.8 Å². The van der Waals surface area contributed by atoms with Gasteiger partial charge in [0.2, 0.25) is 5.91 Å². The van der Waals surface area contributed by atoms with Gasteiger partial charge in [-0.15, -0.1) is 0 Å². The zero-order valence-electron chi connectivity index (χ0n) is 10.3. The van der Waals surface area contributed by atoms with Gasteiger partial charge in [-0.3, -0.25) is 9.59 Å². The van der Waals surface area contributed by atoms with E-state index in [1.165, 1.54) is 4.90 Å². The van der Waals surface area contributed by atoms with Crippen molar-refractivity contribution in [1.29, 1.82) is 0 Å². The highest BCUT2D eigenvalue weighted by Crippen LogP contribution is 2.31. The maximum atomic E-state index is 12.6. The molecule has 0 atom stereocenters. The van der Waals surface area contributed by atoms with Gasteiger partial charge < -0.3 is 16.0 Å². The van der Waals surface area contributed by atoms with Gasteiger partial charge in [-0.2, -0.15) is 13.2 Å². The number of rotatable bonds is 1. The van der Waals surface area contributed by atoms with Crippen LogP contribution in [0.2, 0.25) is 0 Å². The minimum atomic E-state index is -4.55. The number of hydrogen-bond donors (Lipinski definition) is 2. The van der Waals surface area contributed by atoms with E-state index in [1.807, 2.05) is 0 Å². The average molecular weight is 287 g/mol. The summed E-state index contributed by atoms with van der Waals surface area (Å²) in [5.74, 6) is -1.03. The minimum Gasteiger partial charge on any atom is -0.398 e. The summed E-state index contributed by atoms with van der Waals surface area (Å²) >= 11 is 0. The van der Waals surface area contributed by atoms with Gasteiger partial charge in [0.1, 0.15) is 0 Å². The van der Waals surface area contributed by atoms with Crippen molar-refractivity contribution in [3.05, 3.63) is 29.3 Å². The van der Waals surface area contributed by atoms with Crippen molar-refractivity contribution in [2.75, 3.05) is 25.4 Å². The lowest BCUT2D eigenvalue weighted by molar-refractivity contribution is -0.137. The van der Waals surface area contributed by atoms with Crippen molar-refractivity contribution in [3.63, 3.8) is 0 Å². The Kier molecular flexibility index (Phi) is 3.56. The number of nitrogens with two attached hydrogens (primary N) is 1. The number of alkyl halides is 3. The standard InChI is InChI=1S/C12H12F3N3O2/c13-12(14,15)7-1-2-9(16)8(5-7)11(20)18-4-3-17-10(19)6-18/h1-2,5H,3-4,6,16H2,(H,17,19). The number of carbonyl (C=O) groups excluding carboxylic acids is 2. The van der Waals surface area contributed by atoms with Crippen LogP contribution in [0.15, 0.2) is 18.2 Å². The number of benzene rings is 1. The molecule has 108 valence electrons. The van der Waals surface area contributed by atoms with Gasteiger partial charge in [0.05, 0.1) is 17.7 Å². The number of amides is 2. The monoisotopic (exact) mass is 287 g/mol. The predicted octanol–water partition coefficient (Wildman–Crippen LogP) is 0.860. The Hall–Kier alpha value is -2.25. The summed E-state index contributed by atoms with van der Waals surface area (Å²) in [5, 5.41) is 2.52.